The van der Waals surface area contributed by atoms with Crippen LogP contribution in [-0.2, 0) is 14.8 Å². The average Bonchev–Trinajstić information content (AvgIpc) is 2.48. The predicted molar refractivity (Wildman–Crippen MR) is 108 cm³/mol. The third-order valence-corrected chi connectivity index (χ3v) is 5.71. The van der Waals surface area contributed by atoms with Crippen molar-refractivity contribution in [3.8, 4) is 0 Å². The van der Waals surface area contributed by atoms with E-state index in [-0.39, 0.29) is 0 Å². The van der Waals surface area contributed by atoms with Crippen LogP contribution in [-0.4, -0.2) is 26.6 Å². The van der Waals surface area contributed by atoms with Gasteiger partial charge in [-0.25, -0.2) is 8.42 Å². The molecule has 1 amide bonds. The van der Waals surface area contributed by atoms with E-state index in [1.807, 2.05) is 0 Å². The number of halogens is 3. The zero-order valence-electron chi connectivity index (χ0n) is 14.3. The Morgan fingerprint density at radius 3 is 2.15 bits per heavy atom. The molecule has 2 aromatic carbocycles. The van der Waals surface area contributed by atoms with Crippen molar-refractivity contribution in [1.29, 1.82) is 0 Å². The molecule has 0 aliphatic heterocycles. The molecular weight excluding hydrogens is 419 g/mol. The molecule has 0 unspecified atom stereocenters. The summed E-state index contributed by atoms with van der Waals surface area (Å²) in [4.78, 5) is 12.6. The minimum atomic E-state index is -3.74. The summed E-state index contributed by atoms with van der Waals surface area (Å²) in [5, 5.41) is 3.74. The predicted octanol–water partition coefficient (Wildman–Crippen LogP) is 4.75. The minimum absolute atomic E-state index is 0.301. The number of carbonyl (C=O) groups excluding carboxylic acids is 1. The second-order valence-corrected chi connectivity index (χ2v) is 8.96. The summed E-state index contributed by atoms with van der Waals surface area (Å²) in [6.45, 7) is 3.28. The van der Waals surface area contributed by atoms with Gasteiger partial charge < -0.3 is 5.32 Å². The highest BCUT2D eigenvalue weighted by Crippen LogP contribution is 2.28. The van der Waals surface area contributed by atoms with Crippen molar-refractivity contribution in [3.63, 3.8) is 0 Å². The van der Waals surface area contributed by atoms with E-state index >= 15 is 0 Å². The van der Waals surface area contributed by atoms with Gasteiger partial charge in [0.05, 0.1) is 11.9 Å². The van der Waals surface area contributed by atoms with E-state index in [1.165, 1.54) is 31.2 Å². The number of carbonyl (C=O) groups is 1. The van der Waals surface area contributed by atoms with Gasteiger partial charge in [-0.05, 0) is 49.7 Å². The van der Waals surface area contributed by atoms with E-state index in [0.717, 1.165) is 16.1 Å². The van der Waals surface area contributed by atoms with E-state index in [2.05, 4.69) is 5.32 Å². The van der Waals surface area contributed by atoms with Gasteiger partial charge in [0.2, 0.25) is 15.9 Å². The highest BCUT2D eigenvalue weighted by atomic mass is 35.5. The topological polar surface area (TPSA) is 66.5 Å². The van der Waals surface area contributed by atoms with Crippen LogP contribution in [0.2, 0.25) is 15.1 Å². The van der Waals surface area contributed by atoms with Gasteiger partial charge in [-0.1, -0.05) is 40.9 Å². The summed E-state index contributed by atoms with van der Waals surface area (Å²) in [5.41, 5.74) is 1.47. The largest absolute Gasteiger partial charge is 0.324 e. The summed E-state index contributed by atoms with van der Waals surface area (Å²) < 4.78 is 25.6. The molecule has 2 aromatic rings. The lowest BCUT2D eigenvalue weighted by atomic mass is 10.2. The summed E-state index contributed by atoms with van der Waals surface area (Å²) in [7, 11) is -3.74. The van der Waals surface area contributed by atoms with E-state index in [0.29, 0.717) is 26.4 Å². The standard InChI is InChI=1S/C17H17Cl3N2O3S/c1-10-4-5-15(9-16(10)20)22(26(3,24)25)11(2)17(23)21-14-7-12(18)6-13(19)8-14/h4-9,11H,1-3H3,(H,21,23)/t11-/m1/s1. The highest BCUT2D eigenvalue weighted by molar-refractivity contribution is 7.92. The number of rotatable bonds is 5. The Hall–Kier alpha value is -1.47. The maximum Gasteiger partial charge on any atom is 0.247 e. The zero-order chi connectivity index (χ0) is 19.6. The number of aryl methyl sites for hydroxylation is 1. The quantitative estimate of drug-likeness (QED) is 0.737. The Labute approximate surface area is 167 Å². The molecule has 26 heavy (non-hydrogen) atoms. The molecular formula is C17H17Cl3N2O3S. The number of hydrogen-bond acceptors (Lipinski definition) is 3. The molecule has 0 aromatic heterocycles. The summed E-state index contributed by atoms with van der Waals surface area (Å²) in [6.07, 6.45) is 1.03. The maximum atomic E-state index is 12.6. The highest BCUT2D eigenvalue weighted by Gasteiger charge is 2.29. The van der Waals surface area contributed by atoms with Crippen LogP contribution in [0.15, 0.2) is 36.4 Å². The number of nitrogens with zero attached hydrogens (tertiary/aromatic N) is 1. The van der Waals surface area contributed by atoms with Crippen LogP contribution < -0.4 is 9.62 Å². The second kappa shape index (κ2) is 8.05. The first kappa shape index (κ1) is 20.8. The Morgan fingerprint density at radius 1 is 1.08 bits per heavy atom. The number of amides is 1. The van der Waals surface area contributed by atoms with Crippen LogP contribution in [0, 0.1) is 6.92 Å². The molecule has 140 valence electrons. The molecule has 0 saturated heterocycles. The molecule has 0 heterocycles. The van der Waals surface area contributed by atoms with Gasteiger partial charge in [-0.3, -0.25) is 9.10 Å². The molecule has 0 aliphatic rings. The molecule has 0 bridgehead atoms. The lowest BCUT2D eigenvalue weighted by Gasteiger charge is -2.28. The smallest absolute Gasteiger partial charge is 0.247 e. The Bertz CT molecular complexity index is 928. The van der Waals surface area contributed by atoms with Gasteiger partial charge in [-0.2, -0.15) is 0 Å². The third-order valence-electron chi connectivity index (χ3n) is 3.63. The zero-order valence-corrected chi connectivity index (χ0v) is 17.3. The van der Waals surface area contributed by atoms with Crippen molar-refractivity contribution < 1.29 is 13.2 Å². The number of sulfonamides is 1. The van der Waals surface area contributed by atoms with Crippen molar-refractivity contribution in [2.45, 2.75) is 19.9 Å². The van der Waals surface area contributed by atoms with Gasteiger partial charge in [0.25, 0.3) is 0 Å². The van der Waals surface area contributed by atoms with E-state index in [1.54, 1.807) is 19.1 Å². The van der Waals surface area contributed by atoms with Crippen molar-refractivity contribution in [2.75, 3.05) is 15.9 Å². The SMILES string of the molecule is Cc1ccc(N([C@H](C)C(=O)Nc2cc(Cl)cc(Cl)c2)S(C)(=O)=O)cc1Cl. The summed E-state index contributed by atoms with van der Waals surface area (Å²) in [6, 6.07) is 8.34. The second-order valence-electron chi connectivity index (χ2n) is 5.82. The summed E-state index contributed by atoms with van der Waals surface area (Å²) in [5.74, 6) is -0.537. The maximum absolute atomic E-state index is 12.6. The number of anilines is 2. The monoisotopic (exact) mass is 434 g/mol. The van der Waals surface area contributed by atoms with E-state index < -0.39 is 22.0 Å². The van der Waals surface area contributed by atoms with Crippen LogP contribution in [0.25, 0.3) is 0 Å². The first-order valence-electron chi connectivity index (χ1n) is 7.51. The van der Waals surface area contributed by atoms with E-state index in [9.17, 15) is 13.2 Å². The van der Waals surface area contributed by atoms with Gasteiger partial charge in [0, 0.05) is 20.8 Å². The molecule has 0 radical (unpaired) electrons. The van der Waals surface area contributed by atoms with E-state index in [4.69, 9.17) is 34.8 Å². The lowest BCUT2D eigenvalue weighted by Crippen LogP contribution is -2.45. The Kier molecular flexibility index (Phi) is 6.45. The van der Waals surface area contributed by atoms with Gasteiger partial charge >= 0.3 is 0 Å². The fraction of sp³-hybridized carbons (Fsp3) is 0.235. The lowest BCUT2D eigenvalue weighted by molar-refractivity contribution is -0.116. The van der Waals surface area contributed by atoms with Crippen molar-refractivity contribution >= 4 is 62.1 Å². The molecule has 0 spiro atoms. The van der Waals surface area contributed by atoms with Crippen molar-refractivity contribution in [3.05, 3.63) is 57.0 Å². The molecule has 0 aliphatic carbocycles. The van der Waals surface area contributed by atoms with Crippen LogP contribution in [0.5, 0.6) is 0 Å². The normalized spacial score (nSPS) is 12.5. The molecule has 0 saturated carbocycles. The fourth-order valence-corrected chi connectivity index (χ4v) is 4.27. The minimum Gasteiger partial charge on any atom is -0.324 e. The van der Waals surface area contributed by atoms with Crippen molar-refractivity contribution in [1.82, 2.24) is 0 Å². The molecule has 1 atom stereocenters. The van der Waals surface area contributed by atoms with Crippen molar-refractivity contribution in [2.24, 2.45) is 0 Å². The van der Waals surface area contributed by atoms with Crippen LogP contribution >= 0.6 is 34.8 Å². The number of nitrogens with one attached hydrogen (secondary N) is 1. The van der Waals surface area contributed by atoms with Gasteiger partial charge in [-0.15, -0.1) is 0 Å². The fourth-order valence-electron chi connectivity index (χ4n) is 2.40. The van der Waals surface area contributed by atoms with Crippen LogP contribution in [0.4, 0.5) is 11.4 Å². The number of hydrogen-bond donors (Lipinski definition) is 1. The molecule has 9 heteroatoms. The molecule has 5 nitrogen and oxygen atoms in total. The Balaban J connectivity index is 2.35. The average molecular weight is 436 g/mol. The molecule has 0 fully saturated rings. The molecule has 1 N–H and O–H groups in total. The van der Waals surface area contributed by atoms with Gasteiger partial charge in [0.15, 0.2) is 0 Å². The van der Waals surface area contributed by atoms with Crippen LogP contribution in [0.1, 0.15) is 12.5 Å². The molecule has 2 rings (SSSR count). The Morgan fingerprint density at radius 2 is 1.65 bits per heavy atom. The first-order chi connectivity index (χ1) is 12.0. The third kappa shape index (κ3) is 5.04. The first-order valence-corrected chi connectivity index (χ1v) is 10.5. The summed E-state index contributed by atoms with van der Waals surface area (Å²) >= 11 is 17.9. The van der Waals surface area contributed by atoms with Gasteiger partial charge in [0.1, 0.15) is 6.04 Å². The number of benzene rings is 2. The van der Waals surface area contributed by atoms with Crippen LogP contribution in [0.3, 0.4) is 0 Å².